The van der Waals surface area contributed by atoms with Gasteiger partial charge in [0.2, 0.25) is 11.5 Å². The van der Waals surface area contributed by atoms with E-state index in [9.17, 15) is 14.7 Å². The standard InChI is InChI=1S/C20H23NO5/c1-2-25-14-18(22)21-11-9-20(10-12-21,19(23)24)26-17-8-7-15-5-3-4-6-16(15)13-17/h3-8,13H,2,9-12,14H2,1H3,(H,23,24). The topological polar surface area (TPSA) is 76.1 Å². The molecule has 1 heterocycles. The normalized spacial score (nSPS) is 16.4. The Morgan fingerprint density at radius 3 is 2.46 bits per heavy atom. The first-order valence-corrected chi connectivity index (χ1v) is 8.81. The Morgan fingerprint density at radius 2 is 1.81 bits per heavy atom. The second-order valence-electron chi connectivity index (χ2n) is 6.43. The highest BCUT2D eigenvalue weighted by molar-refractivity contribution is 5.84. The Balaban J connectivity index is 1.73. The molecule has 1 aliphatic heterocycles. The Bertz CT molecular complexity index is 796. The van der Waals surface area contributed by atoms with Crippen LogP contribution in [0.15, 0.2) is 42.5 Å². The molecule has 0 radical (unpaired) electrons. The highest BCUT2D eigenvalue weighted by atomic mass is 16.5. The van der Waals surface area contributed by atoms with Crippen LogP contribution in [-0.2, 0) is 14.3 Å². The monoisotopic (exact) mass is 357 g/mol. The first-order valence-electron chi connectivity index (χ1n) is 8.81. The quantitative estimate of drug-likeness (QED) is 0.860. The van der Waals surface area contributed by atoms with Crippen LogP contribution in [0.4, 0.5) is 0 Å². The summed E-state index contributed by atoms with van der Waals surface area (Å²) in [5.74, 6) is -0.584. The van der Waals surface area contributed by atoms with Gasteiger partial charge in [0.05, 0.1) is 0 Å². The number of carboxylic acids is 1. The number of fused-ring (bicyclic) bond motifs is 1. The van der Waals surface area contributed by atoms with Crippen molar-refractivity contribution in [3.63, 3.8) is 0 Å². The molecule has 1 fully saturated rings. The van der Waals surface area contributed by atoms with E-state index in [-0.39, 0.29) is 25.4 Å². The van der Waals surface area contributed by atoms with E-state index in [4.69, 9.17) is 9.47 Å². The summed E-state index contributed by atoms with van der Waals surface area (Å²) in [6.07, 6.45) is 0.486. The SMILES string of the molecule is CCOCC(=O)N1CCC(Oc2ccc3ccccc3c2)(C(=O)O)CC1. The minimum Gasteiger partial charge on any atom is -0.478 e. The number of carbonyl (C=O) groups excluding carboxylic acids is 1. The third-order valence-corrected chi connectivity index (χ3v) is 4.78. The lowest BCUT2D eigenvalue weighted by molar-refractivity contribution is -0.162. The molecule has 1 aliphatic rings. The van der Waals surface area contributed by atoms with Gasteiger partial charge in [0.25, 0.3) is 0 Å². The Morgan fingerprint density at radius 1 is 1.12 bits per heavy atom. The number of ether oxygens (including phenoxy) is 2. The fraction of sp³-hybridized carbons (Fsp3) is 0.400. The molecule has 0 aliphatic carbocycles. The van der Waals surface area contributed by atoms with Crippen LogP contribution in [0.25, 0.3) is 10.8 Å². The molecule has 0 bridgehead atoms. The van der Waals surface area contributed by atoms with Crippen molar-refractivity contribution in [3.8, 4) is 5.75 Å². The van der Waals surface area contributed by atoms with Crippen molar-refractivity contribution >= 4 is 22.6 Å². The summed E-state index contributed by atoms with van der Waals surface area (Å²) in [6, 6.07) is 13.4. The van der Waals surface area contributed by atoms with Gasteiger partial charge in [-0.3, -0.25) is 4.79 Å². The molecule has 6 heteroatoms. The lowest BCUT2D eigenvalue weighted by Crippen LogP contribution is -2.54. The number of likely N-dealkylation sites (tertiary alicyclic amines) is 1. The van der Waals surface area contributed by atoms with Crippen LogP contribution in [0.1, 0.15) is 19.8 Å². The first-order chi connectivity index (χ1) is 12.5. The van der Waals surface area contributed by atoms with Crippen molar-refractivity contribution < 1.29 is 24.2 Å². The lowest BCUT2D eigenvalue weighted by atomic mass is 9.91. The van der Waals surface area contributed by atoms with E-state index in [1.54, 1.807) is 11.0 Å². The number of hydrogen-bond donors (Lipinski definition) is 1. The lowest BCUT2D eigenvalue weighted by Gasteiger charge is -2.38. The number of piperidine rings is 1. The van der Waals surface area contributed by atoms with E-state index in [2.05, 4.69) is 0 Å². The predicted molar refractivity (Wildman–Crippen MR) is 97.2 cm³/mol. The molecular weight excluding hydrogens is 334 g/mol. The molecule has 6 nitrogen and oxygen atoms in total. The predicted octanol–water partition coefficient (Wildman–Crippen LogP) is 2.70. The third-order valence-electron chi connectivity index (χ3n) is 4.78. The highest BCUT2D eigenvalue weighted by Gasteiger charge is 2.44. The second-order valence-corrected chi connectivity index (χ2v) is 6.43. The average Bonchev–Trinajstić information content (AvgIpc) is 2.66. The molecule has 1 amide bonds. The van der Waals surface area contributed by atoms with E-state index < -0.39 is 11.6 Å². The van der Waals surface area contributed by atoms with Crippen LogP contribution in [0.5, 0.6) is 5.75 Å². The van der Waals surface area contributed by atoms with Gasteiger partial charge in [0, 0.05) is 32.5 Å². The molecule has 2 aromatic rings. The summed E-state index contributed by atoms with van der Waals surface area (Å²) in [5, 5.41) is 11.8. The van der Waals surface area contributed by atoms with Crippen LogP contribution in [0.2, 0.25) is 0 Å². The van der Waals surface area contributed by atoms with Gasteiger partial charge in [-0.25, -0.2) is 4.79 Å². The number of aliphatic carboxylic acids is 1. The number of carboxylic acid groups (broad SMARTS) is 1. The summed E-state index contributed by atoms with van der Waals surface area (Å²) in [4.78, 5) is 25.6. The largest absolute Gasteiger partial charge is 0.478 e. The molecule has 138 valence electrons. The number of carbonyl (C=O) groups is 2. The zero-order valence-electron chi connectivity index (χ0n) is 14.8. The van der Waals surface area contributed by atoms with Crippen molar-refractivity contribution in [3.05, 3.63) is 42.5 Å². The molecular formula is C20H23NO5. The summed E-state index contributed by atoms with van der Waals surface area (Å²) < 4.78 is 11.1. The molecule has 3 rings (SSSR count). The van der Waals surface area contributed by atoms with Crippen LogP contribution < -0.4 is 4.74 Å². The fourth-order valence-corrected chi connectivity index (χ4v) is 3.21. The Labute approximate surface area is 152 Å². The van der Waals surface area contributed by atoms with E-state index in [1.807, 2.05) is 43.3 Å². The number of hydrogen-bond acceptors (Lipinski definition) is 4. The molecule has 1 N–H and O–H groups in total. The number of nitrogens with zero attached hydrogens (tertiary/aromatic N) is 1. The highest BCUT2D eigenvalue weighted by Crippen LogP contribution is 2.31. The Hall–Kier alpha value is -2.60. The maximum atomic E-state index is 12.1. The summed E-state index contributed by atoms with van der Waals surface area (Å²) in [5.41, 5.74) is -1.31. The van der Waals surface area contributed by atoms with Crippen LogP contribution in [-0.4, -0.2) is 53.8 Å². The zero-order valence-corrected chi connectivity index (χ0v) is 14.8. The summed E-state index contributed by atoms with van der Waals surface area (Å²) >= 11 is 0. The second kappa shape index (κ2) is 7.74. The van der Waals surface area contributed by atoms with Gasteiger partial charge in [0.1, 0.15) is 12.4 Å². The fourth-order valence-electron chi connectivity index (χ4n) is 3.21. The molecule has 0 aromatic heterocycles. The molecule has 0 spiro atoms. The summed E-state index contributed by atoms with van der Waals surface area (Å²) in [6.45, 7) is 3.01. The summed E-state index contributed by atoms with van der Waals surface area (Å²) in [7, 11) is 0. The minimum atomic E-state index is -1.31. The van der Waals surface area contributed by atoms with Crippen molar-refractivity contribution in [1.29, 1.82) is 0 Å². The zero-order chi connectivity index (χ0) is 18.6. The van der Waals surface area contributed by atoms with Gasteiger partial charge >= 0.3 is 5.97 Å². The molecule has 0 saturated carbocycles. The smallest absolute Gasteiger partial charge is 0.348 e. The maximum absolute atomic E-state index is 12.1. The number of rotatable bonds is 6. The van der Waals surface area contributed by atoms with Crippen molar-refractivity contribution in [1.82, 2.24) is 4.90 Å². The molecule has 26 heavy (non-hydrogen) atoms. The minimum absolute atomic E-state index is 0.0299. The van der Waals surface area contributed by atoms with Crippen molar-refractivity contribution in [2.24, 2.45) is 0 Å². The number of benzene rings is 2. The molecule has 2 aromatic carbocycles. The van der Waals surface area contributed by atoms with Gasteiger partial charge in [-0.1, -0.05) is 30.3 Å². The van der Waals surface area contributed by atoms with Crippen molar-refractivity contribution in [2.45, 2.75) is 25.4 Å². The van der Waals surface area contributed by atoms with Gasteiger partial charge in [-0.15, -0.1) is 0 Å². The third kappa shape index (κ3) is 3.80. The van der Waals surface area contributed by atoms with Crippen LogP contribution in [0, 0.1) is 0 Å². The Kier molecular flexibility index (Phi) is 5.42. The van der Waals surface area contributed by atoms with Gasteiger partial charge in [-0.05, 0) is 29.8 Å². The van der Waals surface area contributed by atoms with E-state index >= 15 is 0 Å². The van der Waals surface area contributed by atoms with E-state index in [1.165, 1.54) is 0 Å². The molecule has 0 atom stereocenters. The van der Waals surface area contributed by atoms with Gasteiger partial charge in [0.15, 0.2) is 0 Å². The first kappa shape index (κ1) is 18.2. The average molecular weight is 357 g/mol. The van der Waals surface area contributed by atoms with Crippen molar-refractivity contribution in [2.75, 3.05) is 26.3 Å². The molecule has 0 unspecified atom stereocenters. The number of amides is 1. The molecule has 1 saturated heterocycles. The van der Waals surface area contributed by atoms with Gasteiger partial charge in [-0.2, -0.15) is 0 Å². The van der Waals surface area contributed by atoms with E-state index in [0.29, 0.717) is 25.4 Å². The van der Waals surface area contributed by atoms with E-state index in [0.717, 1.165) is 10.8 Å². The van der Waals surface area contributed by atoms with Crippen LogP contribution >= 0.6 is 0 Å². The van der Waals surface area contributed by atoms with Gasteiger partial charge < -0.3 is 19.5 Å². The van der Waals surface area contributed by atoms with Crippen LogP contribution in [0.3, 0.4) is 0 Å². The maximum Gasteiger partial charge on any atom is 0.348 e.